The lowest BCUT2D eigenvalue weighted by Gasteiger charge is -2.17. The maximum Gasteiger partial charge on any atom is 0.224 e. The van der Waals surface area contributed by atoms with Crippen molar-refractivity contribution in [3.05, 3.63) is 29.3 Å². The number of thioether (sulfide) groups is 1. The lowest BCUT2D eigenvalue weighted by Crippen LogP contribution is -2.19. The summed E-state index contributed by atoms with van der Waals surface area (Å²) < 4.78 is 1.73. The fourth-order valence-corrected chi connectivity index (χ4v) is 3.31. The molecule has 0 radical (unpaired) electrons. The molecular formula is C16H19N5O2S. The molecule has 24 heavy (non-hydrogen) atoms. The molecule has 1 aliphatic rings. The number of tetrazole rings is 1. The lowest BCUT2D eigenvalue weighted by atomic mass is 9.99. The van der Waals surface area contributed by atoms with E-state index in [1.165, 1.54) is 11.8 Å². The van der Waals surface area contributed by atoms with Gasteiger partial charge in [0.05, 0.1) is 5.75 Å². The molecule has 1 amide bonds. The maximum absolute atomic E-state index is 12.4. The van der Waals surface area contributed by atoms with E-state index in [0.29, 0.717) is 29.5 Å². The lowest BCUT2D eigenvalue weighted by molar-refractivity contribution is -0.116. The first kappa shape index (κ1) is 16.6. The summed E-state index contributed by atoms with van der Waals surface area (Å²) >= 11 is 1.34. The van der Waals surface area contributed by atoms with Crippen molar-refractivity contribution in [1.82, 2.24) is 20.2 Å². The van der Waals surface area contributed by atoms with Gasteiger partial charge in [0.25, 0.3) is 0 Å². The predicted octanol–water partition coefficient (Wildman–Crippen LogP) is 2.19. The topological polar surface area (TPSA) is 89.8 Å². The number of amides is 1. The smallest absolute Gasteiger partial charge is 0.224 e. The fraction of sp³-hybridized carbons (Fsp3) is 0.438. The van der Waals surface area contributed by atoms with E-state index in [4.69, 9.17) is 0 Å². The second kappa shape index (κ2) is 7.12. The number of ketones is 1. The third-order valence-electron chi connectivity index (χ3n) is 3.69. The second-order valence-corrected chi connectivity index (χ2v) is 7.11. The van der Waals surface area contributed by atoms with Crippen molar-refractivity contribution >= 4 is 29.1 Å². The van der Waals surface area contributed by atoms with Gasteiger partial charge in [-0.1, -0.05) is 25.6 Å². The summed E-state index contributed by atoms with van der Waals surface area (Å²) in [6.45, 7) is 4.91. The number of rotatable bonds is 6. The molecule has 1 aromatic carbocycles. The highest BCUT2D eigenvalue weighted by Gasteiger charge is 2.17. The van der Waals surface area contributed by atoms with Crippen LogP contribution < -0.4 is 5.32 Å². The summed E-state index contributed by atoms with van der Waals surface area (Å²) in [5.74, 6) is 0.760. The first-order chi connectivity index (χ1) is 11.5. The fourth-order valence-electron chi connectivity index (χ4n) is 2.53. The van der Waals surface area contributed by atoms with Crippen LogP contribution in [0.2, 0.25) is 0 Å². The Morgan fingerprint density at radius 1 is 1.38 bits per heavy atom. The number of hydrogen-bond donors (Lipinski definition) is 1. The van der Waals surface area contributed by atoms with Gasteiger partial charge in [-0.25, -0.2) is 4.68 Å². The van der Waals surface area contributed by atoms with E-state index in [1.807, 2.05) is 6.07 Å². The Morgan fingerprint density at radius 2 is 2.21 bits per heavy atom. The number of hydrogen-bond acceptors (Lipinski definition) is 6. The zero-order valence-corrected chi connectivity index (χ0v) is 14.5. The predicted molar refractivity (Wildman–Crippen MR) is 91.1 cm³/mol. The highest BCUT2D eigenvalue weighted by atomic mass is 32.2. The van der Waals surface area contributed by atoms with Crippen LogP contribution in [0.25, 0.3) is 0 Å². The number of fused-ring (bicyclic) bond motifs is 1. The van der Waals surface area contributed by atoms with E-state index >= 15 is 0 Å². The molecule has 3 rings (SSSR count). The molecule has 0 aliphatic carbocycles. The van der Waals surface area contributed by atoms with E-state index in [2.05, 4.69) is 34.7 Å². The number of benzene rings is 1. The highest BCUT2D eigenvalue weighted by molar-refractivity contribution is 7.99. The number of nitrogens with zero attached hydrogens (tertiary/aromatic N) is 4. The Hall–Kier alpha value is -2.22. The molecule has 1 aliphatic heterocycles. The largest absolute Gasteiger partial charge is 0.326 e. The average Bonchev–Trinajstić information content (AvgIpc) is 2.98. The molecule has 0 saturated heterocycles. The van der Waals surface area contributed by atoms with Gasteiger partial charge in [0, 0.05) is 24.2 Å². The van der Waals surface area contributed by atoms with Crippen molar-refractivity contribution in [2.24, 2.45) is 5.92 Å². The van der Waals surface area contributed by atoms with Crippen LogP contribution in [-0.4, -0.2) is 37.7 Å². The minimum Gasteiger partial charge on any atom is -0.326 e. The molecule has 0 unspecified atom stereocenters. The molecule has 0 spiro atoms. The number of aromatic nitrogens is 4. The van der Waals surface area contributed by atoms with Gasteiger partial charge in [-0.2, -0.15) is 0 Å². The Kier molecular flexibility index (Phi) is 4.94. The minimum absolute atomic E-state index is 0.0223. The van der Waals surface area contributed by atoms with Gasteiger partial charge in [0.1, 0.15) is 0 Å². The maximum atomic E-state index is 12.4. The standard InChI is InChI=1S/C16H19N5O2S/c1-10(2)8-21-16(18-19-20-21)24-9-14(22)12-3-5-13-11(7-12)4-6-15(23)17-13/h3,5,7,10H,4,6,8-9H2,1-2H3,(H,17,23). The van der Waals surface area contributed by atoms with Crippen LogP contribution in [0.15, 0.2) is 23.4 Å². The van der Waals surface area contributed by atoms with E-state index in [9.17, 15) is 9.59 Å². The monoisotopic (exact) mass is 345 g/mol. The van der Waals surface area contributed by atoms with E-state index in [1.54, 1.807) is 16.8 Å². The Labute approximate surface area is 144 Å². The summed E-state index contributed by atoms with van der Waals surface area (Å²) in [5, 5.41) is 15.1. The highest BCUT2D eigenvalue weighted by Crippen LogP contribution is 2.25. The third kappa shape index (κ3) is 3.81. The summed E-state index contributed by atoms with van der Waals surface area (Å²) in [5.41, 5.74) is 2.46. The van der Waals surface area contributed by atoms with Gasteiger partial charge in [0.2, 0.25) is 11.1 Å². The zero-order chi connectivity index (χ0) is 17.1. The van der Waals surface area contributed by atoms with Gasteiger partial charge in [-0.3, -0.25) is 9.59 Å². The molecule has 0 saturated carbocycles. The number of carbonyl (C=O) groups is 2. The van der Waals surface area contributed by atoms with Crippen LogP contribution >= 0.6 is 11.8 Å². The normalized spacial score (nSPS) is 13.7. The number of Topliss-reactive ketones (excluding diaryl/α,β-unsaturated/α-hetero) is 1. The molecule has 0 fully saturated rings. The quantitative estimate of drug-likeness (QED) is 0.637. The van der Waals surface area contributed by atoms with Gasteiger partial charge < -0.3 is 5.32 Å². The minimum atomic E-state index is 0.0223. The molecule has 1 aromatic heterocycles. The van der Waals surface area contributed by atoms with Crippen LogP contribution in [0.1, 0.15) is 36.2 Å². The molecule has 2 heterocycles. The first-order valence-corrected chi connectivity index (χ1v) is 8.86. The molecular weight excluding hydrogens is 326 g/mol. The van der Waals surface area contributed by atoms with Gasteiger partial charge in [0.15, 0.2) is 5.78 Å². The van der Waals surface area contributed by atoms with E-state index in [-0.39, 0.29) is 17.4 Å². The molecule has 126 valence electrons. The third-order valence-corrected chi connectivity index (χ3v) is 4.65. The Bertz CT molecular complexity index is 772. The van der Waals surface area contributed by atoms with Crippen molar-refractivity contribution in [1.29, 1.82) is 0 Å². The van der Waals surface area contributed by atoms with Gasteiger partial charge in [-0.05, 0) is 46.5 Å². The van der Waals surface area contributed by atoms with Crippen LogP contribution in [0, 0.1) is 5.92 Å². The van der Waals surface area contributed by atoms with Crippen molar-refractivity contribution in [3.63, 3.8) is 0 Å². The molecule has 0 bridgehead atoms. The van der Waals surface area contributed by atoms with E-state index < -0.39 is 0 Å². The molecule has 0 atom stereocenters. The Morgan fingerprint density at radius 3 is 3.00 bits per heavy atom. The number of anilines is 1. The van der Waals surface area contributed by atoms with Crippen molar-refractivity contribution < 1.29 is 9.59 Å². The van der Waals surface area contributed by atoms with Gasteiger partial charge in [-0.15, -0.1) is 5.10 Å². The zero-order valence-electron chi connectivity index (χ0n) is 13.7. The molecule has 1 N–H and O–H groups in total. The molecule has 8 heteroatoms. The Balaban J connectivity index is 1.66. The summed E-state index contributed by atoms with van der Waals surface area (Å²) in [7, 11) is 0. The van der Waals surface area contributed by atoms with E-state index in [0.717, 1.165) is 17.8 Å². The van der Waals surface area contributed by atoms with Crippen molar-refractivity contribution in [2.45, 2.75) is 38.4 Å². The van der Waals surface area contributed by atoms with Crippen LogP contribution in [0.5, 0.6) is 0 Å². The molecule has 2 aromatic rings. The summed E-state index contributed by atoms with van der Waals surface area (Å²) in [6.07, 6.45) is 1.13. The van der Waals surface area contributed by atoms with Crippen LogP contribution in [0.3, 0.4) is 0 Å². The van der Waals surface area contributed by atoms with Crippen molar-refractivity contribution in [2.75, 3.05) is 11.1 Å². The van der Waals surface area contributed by atoms with Crippen LogP contribution in [0.4, 0.5) is 5.69 Å². The number of aryl methyl sites for hydroxylation is 1. The van der Waals surface area contributed by atoms with Gasteiger partial charge >= 0.3 is 0 Å². The number of nitrogens with one attached hydrogen (secondary N) is 1. The molecule has 7 nitrogen and oxygen atoms in total. The summed E-state index contributed by atoms with van der Waals surface area (Å²) in [6, 6.07) is 5.42. The SMILES string of the molecule is CC(C)Cn1nnnc1SCC(=O)c1ccc2c(c1)CCC(=O)N2. The van der Waals surface area contributed by atoms with Crippen LogP contribution in [-0.2, 0) is 17.8 Å². The summed E-state index contributed by atoms with van der Waals surface area (Å²) in [4.78, 5) is 23.8. The number of carbonyl (C=O) groups excluding carboxylic acids is 2. The van der Waals surface area contributed by atoms with Crippen molar-refractivity contribution in [3.8, 4) is 0 Å². The average molecular weight is 345 g/mol. The second-order valence-electron chi connectivity index (χ2n) is 6.17. The first-order valence-electron chi connectivity index (χ1n) is 7.88.